The second kappa shape index (κ2) is 3.99. The summed E-state index contributed by atoms with van der Waals surface area (Å²) in [6.07, 6.45) is 0. The molecule has 5 heteroatoms. The second-order valence-electron chi connectivity index (χ2n) is 3.90. The van der Waals surface area contributed by atoms with E-state index < -0.39 is 0 Å². The summed E-state index contributed by atoms with van der Waals surface area (Å²) in [5, 5.41) is 0.539. The molecule has 0 unspecified atom stereocenters. The van der Waals surface area contributed by atoms with Gasteiger partial charge in [-0.3, -0.25) is 4.57 Å². The van der Waals surface area contributed by atoms with Crippen LogP contribution >= 0.6 is 11.6 Å². The molecule has 0 amide bonds. The van der Waals surface area contributed by atoms with Gasteiger partial charge in [0.2, 0.25) is 0 Å². The molecule has 0 atom stereocenters. The Hall–Kier alpha value is -2.07. The largest absolute Gasteiger partial charge is 0.331 e. The van der Waals surface area contributed by atoms with Gasteiger partial charge in [0, 0.05) is 5.02 Å². The number of fused-ring (bicyclic) bond motifs is 1. The Morgan fingerprint density at radius 1 is 1.11 bits per heavy atom. The van der Waals surface area contributed by atoms with Crippen molar-refractivity contribution in [3.8, 4) is 5.69 Å². The van der Waals surface area contributed by atoms with Gasteiger partial charge >= 0.3 is 5.69 Å². The van der Waals surface area contributed by atoms with E-state index in [1.165, 1.54) is 16.7 Å². The predicted molar refractivity (Wildman–Crippen MR) is 68.9 cm³/mol. The molecular formula is C13H8ClFN2O. The van der Waals surface area contributed by atoms with E-state index in [9.17, 15) is 9.18 Å². The van der Waals surface area contributed by atoms with Crippen LogP contribution < -0.4 is 5.69 Å². The van der Waals surface area contributed by atoms with E-state index in [-0.39, 0.29) is 11.5 Å². The molecule has 3 rings (SSSR count). The van der Waals surface area contributed by atoms with E-state index in [0.29, 0.717) is 21.7 Å². The molecule has 0 saturated heterocycles. The van der Waals surface area contributed by atoms with E-state index >= 15 is 0 Å². The lowest BCUT2D eigenvalue weighted by atomic mass is 10.3. The number of rotatable bonds is 1. The molecule has 1 aromatic heterocycles. The van der Waals surface area contributed by atoms with E-state index in [1.54, 1.807) is 30.3 Å². The number of H-pyrrole nitrogens is 1. The quantitative estimate of drug-likeness (QED) is 0.719. The Morgan fingerprint density at radius 3 is 2.56 bits per heavy atom. The molecule has 0 fully saturated rings. The number of aromatic nitrogens is 2. The van der Waals surface area contributed by atoms with Gasteiger partial charge in [-0.05, 0) is 42.5 Å². The van der Waals surface area contributed by atoms with Gasteiger partial charge in [0.05, 0.1) is 16.7 Å². The highest BCUT2D eigenvalue weighted by atomic mass is 35.5. The number of hydrogen-bond acceptors (Lipinski definition) is 1. The van der Waals surface area contributed by atoms with Gasteiger partial charge < -0.3 is 4.98 Å². The van der Waals surface area contributed by atoms with Crippen LogP contribution in [0, 0.1) is 5.82 Å². The summed E-state index contributed by atoms with van der Waals surface area (Å²) in [5.74, 6) is -0.343. The molecule has 1 heterocycles. The van der Waals surface area contributed by atoms with Crippen LogP contribution in [-0.4, -0.2) is 9.55 Å². The third-order valence-corrected chi connectivity index (χ3v) is 2.97. The summed E-state index contributed by atoms with van der Waals surface area (Å²) >= 11 is 5.92. The predicted octanol–water partition coefficient (Wildman–Crippen LogP) is 3.11. The maximum Gasteiger partial charge on any atom is 0.331 e. The maximum absolute atomic E-state index is 12.9. The third kappa shape index (κ3) is 1.71. The van der Waals surface area contributed by atoms with E-state index in [2.05, 4.69) is 4.98 Å². The first-order valence-corrected chi connectivity index (χ1v) is 5.69. The van der Waals surface area contributed by atoms with Crippen molar-refractivity contribution in [3.05, 3.63) is 63.8 Å². The third-order valence-electron chi connectivity index (χ3n) is 2.73. The van der Waals surface area contributed by atoms with Gasteiger partial charge in [-0.1, -0.05) is 11.6 Å². The minimum Gasteiger partial charge on any atom is -0.305 e. The van der Waals surface area contributed by atoms with Crippen LogP contribution in [0.5, 0.6) is 0 Å². The van der Waals surface area contributed by atoms with Crippen molar-refractivity contribution < 1.29 is 4.39 Å². The van der Waals surface area contributed by atoms with E-state index in [0.717, 1.165) is 0 Å². The Morgan fingerprint density at radius 2 is 1.83 bits per heavy atom. The van der Waals surface area contributed by atoms with Crippen molar-refractivity contribution in [2.45, 2.75) is 0 Å². The monoisotopic (exact) mass is 262 g/mol. The van der Waals surface area contributed by atoms with Crippen LogP contribution in [0.25, 0.3) is 16.7 Å². The van der Waals surface area contributed by atoms with Crippen molar-refractivity contribution >= 4 is 22.6 Å². The van der Waals surface area contributed by atoms with Gasteiger partial charge in [-0.15, -0.1) is 0 Å². The van der Waals surface area contributed by atoms with Crippen molar-refractivity contribution in [1.82, 2.24) is 9.55 Å². The van der Waals surface area contributed by atoms with Gasteiger partial charge in [0.15, 0.2) is 0 Å². The average molecular weight is 263 g/mol. The molecule has 0 aliphatic heterocycles. The Bertz CT molecular complexity index is 774. The van der Waals surface area contributed by atoms with Crippen LogP contribution in [-0.2, 0) is 0 Å². The molecule has 18 heavy (non-hydrogen) atoms. The molecule has 0 bridgehead atoms. The number of aromatic amines is 1. The zero-order chi connectivity index (χ0) is 12.7. The molecule has 90 valence electrons. The minimum absolute atomic E-state index is 0.279. The maximum atomic E-state index is 12.9. The lowest BCUT2D eigenvalue weighted by molar-refractivity contribution is 0.627. The van der Waals surface area contributed by atoms with E-state index in [1.807, 2.05) is 0 Å². The lowest BCUT2D eigenvalue weighted by Gasteiger charge is -2.03. The minimum atomic E-state index is -0.343. The number of imidazole rings is 1. The molecule has 1 N–H and O–H groups in total. The fourth-order valence-electron chi connectivity index (χ4n) is 1.92. The molecule has 0 aliphatic rings. The van der Waals surface area contributed by atoms with Gasteiger partial charge in [-0.25, -0.2) is 9.18 Å². The molecular weight excluding hydrogens is 255 g/mol. The first-order valence-electron chi connectivity index (χ1n) is 5.31. The first-order chi connectivity index (χ1) is 8.65. The smallest absolute Gasteiger partial charge is 0.305 e. The summed E-state index contributed by atoms with van der Waals surface area (Å²) in [5.41, 5.74) is 1.67. The SMILES string of the molecule is O=c1[nH]c2ccc(Cl)cc2n1-c1ccc(F)cc1. The molecule has 2 aromatic carbocycles. The fourth-order valence-corrected chi connectivity index (χ4v) is 2.09. The number of nitrogens with one attached hydrogen (secondary N) is 1. The van der Waals surface area contributed by atoms with Crippen LogP contribution in [0.1, 0.15) is 0 Å². The van der Waals surface area contributed by atoms with Crippen LogP contribution in [0.15, 0.2) is 47.3 Å². The Labute approximate surface area is 106 Å². The standard InChI is InChI=1S/C13H8ClFN2O/c14-8-1-6-11-12(7-8)17(13(18)16-11)10-4-2-9(15)3-5-10/h1-7H,(H,16,18). The molecule has 0 spiro atoms. The molecule has 0 radical (unpaired) electrons. The van der Waals surface area contributed by atoms with Crippen molar-refractivity contribution in [3.63, 3.8) is 0 Å². The zero-order valence-corrected chi connectivity index (χ0v) is 9.91. The highest BCUT2D eigenvalue weighted by molar-refractivity contribution is 6.31. The molecule has 3 aromatic rings. The van der Waals surface area contributed by atoms with Crippen LogP contribution in [0.3, 0.4) is 0 Å². The van der Waals surface area contributed by atoms with Crippen LogP contribution in [0.4, 0.5) is 4.39 Å². The lowest BCUT2D eigenvalue weighted by Crippen LogP contribution is -2.14. The fraction of sp³-hybridized carbons (Fsp3) is 0. The van der Waals surface area contributed by atoms with Crippen molar-refractivity contribution in [2.24, 2.45) is 0 Å². The van der Waals surface area contributed by atoms with Gasteiger partial charge in [0.25, 0.3) is 0 Å². The second-order valence-corrected chi connectivity index (χ2v) is 4.34. The number of hydrogen-bond donors (Lipinski definition) is 1. The molecule has 0 saturated carbocycles. The van der Waals surface area contributed by atoms with Crippen molar-refractivity contribution in [1.29, 1.82) is 0 Å². The van der Waals surface area contributed by atoms with Gasteiger partial charge in [0.1, 0.15) is 5.82 Å². The average Bonchev–Trinajstić information content (AvgIpc) is 2.66. The summed E-state index contributed by atoms with van der Waals surface area (Å²) in [4.78, 5) is 14.6. The first kappa shape index (κ1) is 11.0. The molecule has 0 aliphatic carbocycles. The summed E-state index contributed by atoms with van der Waals surface area (Å²) in [7, 11) is 0. The number of benzene rings is 2. The van der Waals surface area contributed by atoms with E-state index in [4.69, 9.17) is 11.6 Å². The number of halogens is 2. The number of nitrogens with zero attached hydrogens (tertiary/aromatic N) is 1. The van der Waals surface area contributed by atoms with Crippen LogP contribution in [0.2, 0.25) is 5.02 Å². The topological polar surface area (TPSA) is 37.8 Å². The Balaban J connectivity index is 2.34. The normalized spacial score (nSPS) is 11.0. The zero-order valence-electron chi connectivity index (χ0n) is 9.15. The summed E-state index contributed by atoms with van der Waals surface area (Å²) in [6.45, 7) is 0. The Kier molecular flexibility index (Phi) is 2.45. The van der Waals surface area contributed by atoms with Crippen molar-refractivity contribution in [2.75, 3.05) is 0 Å². The molecule has 3 nitrogen and oxygen atoms in total. The summed E-state index contributed by atoms with van der Waals surface area (Å²) < 4.78 is 14.3. The summed E-state index contributed by atoms with van der Waals surface area (Å²) in [6, 6.07) is 10.8. The highest BCUT2D eigenvalue weighted by Crippen LogP contribution is 2.19. The van der Waals surface area contributed by atoms with Gasteiger partial charge in [-0.2, -0.15) is 0 Å². The highest BCUT2D eigenvalue weighted by Gasteiger charge is 2.08.